The highest BCUT2D eigenvalue weighted by Crippen LogP contribution is 2.36. The van der Waals surface area contributed by atoms with Gasteiger partial charge in [0.2, 0.25) is 11.9 Å². The molecule has 3 aromatic rings. The molecule has 0 spiro atoms. The lowest BCUT2D eigenvalue weighted by atomic mass is 10.0. The molecule has 11 nitrogen and oxygen atoms in total. The van der Waals surface area contributed by atoms with Crippen molar-refractivity contribution in [2.45, 2.75) is 32.7 Å². The molecule has 2 N–H and O–H groups in total. The van der Waals surface area contributed by atoms with E-state index < -0.39 is 0 Å². The van der Waals surface area contributed by atoms with E-state index in [1.54, 1.807) is 24.2 Å². The minimum absolute atomic E-state index is 0.00141. The number of nitrogens with zero attached hydrogens (tertiary/aromatic N) is 7. The van der Waals surface area contributed by atoms with Crippen molar-refractivity contribution in [1.29, 1.82) is 0 Å². The van der Waals surface area contributed by atoms with Gasteiger partial charge >= 0.3 is 0 Å². The van der Waals surface area contributed by atoms with Crippen molar-refractivity contribution < 1.29 is 9.53 Å². The highest BCUT2D eigenvalue weighted by atomic mass is 16.5. The van der Waals surface area contributed by atoms with Gasteiger partial charge in [0, 0.05) is 56.8 Å². The molecular formula is C27H35N9O2. The van der Waals surface area contributed by atoms with E-state index in [0.29, 0.717) is 29.8 Å². The van der Waals surface area contributed by atoms with Crippen LogP contribution in [0, 0.1) is 6.92 Å². The molecule has 11 heteroatoms. The summed E-state index contributed by atoms with van der Waals surface area (Å²) in [6.45, 7) is 7.78. The Bertz CT molecular complexity index is 1360. The van der Waals surface area contributed by atoms with Crippen LogP contribution in [0.5, 0.6) is 5.88 Å². The van der Waals surface area contributed by atoms with Crippen LogP contribution in [0.25, 0.3) is 5.57 Å². The number of amides is 1. The van der Waals surface area contributed by atoms with Gasteiger partial charge in [-0.1, -0.05) is 13.0 Å². The van der Waals surface area contributed by atoms with Gasteiger partial charge in [-0.2, -0.15) is 0 Å². The molecule has 3 aromatic heterocycles. The Kier molecular flexibility index (Phi) is 7.39. The number of methoxy groups -OCH3 is 1. The normalized spacial score (nSPS) is 16.6. The first-order valence-corrected chi connectivity index (χ1v) is 13.0. The third-order valence-corrected chi connectivity index (χ3v) is 7.23. The Balaban J connectivity index is 1.37. The Morgan fingerprint density at radius 3 is 2.71 bits per heavy atom. The number of pyridine rings is 1. The van der Waals surface area contributed by atoms with E-state index in [1.807, 2.05) is 26.2 Å². The maximum absolute atomic E-state index is 13.3. The zero-order valence-corrected chi connectivity index (χ0v) is 22.7. The molecule has 1 aliphatic carbocycles. The largest absolute Gasteiger partial charge is 0.478 e. The monoisotopic (exact) mass is 517 g/mol. The van der Waals surface area contributed by atoms with Gasteiger partial charge in [-0.05, 0) is 44.0 Å². The molecule has 200 valence electrons. The molecule has 5 rings (SSSR count). The van der Waals surface area contributed by atoms with E-state index in [-0.39, 0.29) is 11.9 Å². The van der Waals surface area contributed by atoms with Gasteiger partial charge in [0.1, 0.15) is 11.5 Å². The first-order valence-electron chi connectivity index (χ1n) is 13.0. The number of anilines is 3. The number of hydrogen-bond donors (Lipinski definition) is 2. The van der Waals surface area contributed by atoms with E-state index in [2.05, 4.69) is 55.5 Å². The maximum atomic E-state index is 13.3. The molecule has 1 atom stereocenters. The smallest absolute Gasteiger partial charge is 0.256 e. The number of rotatable bonds is 8. The zero-order chi connectivity index (χ0) is 26.8. The number of ether oxygens (including phenoxy) is 1. The van der Waals surface area contributed by atoms with Crippen LogP contribution in [0.1, 0.15) is 35.7 Å². The van der Waals surface area contributed by atoms with E-state index >= 15 is 0 Å². The molecular weight excluding hydrogens is 482 g/mol. The third-order valence-electron chi connectivity index (χ3n) is 7.23. The van der Waals surface area contributed by atoms with E-state index in [0.717, 1.165) is 60.6 Å². The quantitative estimate of drug-likeness (QED) is 0.465. The molecule has 1 fully saturated rings. The van der Waals surface area contributed by atoms with Crippen molar-refractivity contribution in [3.8, 4) is 5.88 Å². The molecule has 1 saturated heterocycles. The minimum atomic E-state index is -0.169. The van der Waals surface area contributed by atoms with Crippen molar-refractivity contribution in [2.75, 3.05) is 51.0 Å². The summed E-state index contributed by atoms with van der Waals surface area (Å²) < 4.78 is 7.01. The predicted octanol–water partition coefficient (Wildman–Crippen LogP) is 2.62. The molecule has 0 radical (unpaired) electrons. The Morgan fingerprint density at radius 1 is 1.18 bits per heavy atom. The average Bonchev–Trinajstić information content (AvgIpc) is 3.50. The van der Waals surface area contributed by atoms with Gasteiger partial charge in [-0.25, -0.2) is 15.0 Å². The number of fused-ring (bicyclic) bond motifs is 1. The van der Waals surface area contributed by atoms with Crippen molar-refractivity contribution >= 4 is 28.9 Å². The zero-order valence-electron chi connectivity index (χ0n) is 22.7. The summed E-state index contributed by atoms with van der Waals surface area (Å²) in [5.74, 6) is 1.54. The SMILES string of the molecule is CC[C@H](C(=O)Nc1nccc2c1CC=C2c1nc(Nc2cn(C)nc2OC)ncc1C)N1CCN(C)CC1. The lowest BCUT2D eigenvalue weighted by molar-refractivity contribution is -0.122. The summed E-state index contributed by atoms with van der Waals surface area (Å²) in [7, 11) is 5.52. The topological polar surface area (TPSA) is 113 Å². The maximum Gasteiger partial charge on any atom is 0.256 e. The molecule has 0 saturated carbocycles. The lowest BCUT2D eigenvalue weighted by Crippen LogP contribution is -2.52. The van der Waals surface area contributed by atoms with Crippen molar-refractivity contribution in [1.82, 2.24) is 34.5 Å². The third kappa shape index (κ3) is 5.11. The fourth-order valence-electron chi connectivity index (χ4n) is 5.14. The minimum Gasteiger partial charge on any atom is -0.478 e. The lowest BCUT2D eigenvalue weighted by Gasteiger charge is -2.36. The van der Waals surface area contributed by atoms with Gasteiger partial charge in [0.25, 0.3) is 5.88 Å². The van der Waals surface area contributed by atoms with Crippen LogP contribution in [-0.4, -0.2) is 86.8 Å². The van der Waals surface area contributed by atoms with Crippen LogP contribution >= 0.6 is 0 Å². The fourth-order valence-corrected chi connectivity index (χ4v) is 5.14. The molecule has 0 aromatic carbocycles. The standard InChI is InChI=1S/C27H35N9O2/c1-6-22(36-13-11-34(3)12-14-36)25(37)32-24-20-8-7-19(18(20)9-10-28-24)23-17(2)15-29-27(31-23)30-21-16-35(4)33-26(21)38-5/h7,9-10,15-16,22H,6,8,11-14H2,1-5H3,(H,28,32,37)(H,29,30,31)/t22-/m1/s1. The average molecular weight is 518 g/mol. The summed E-state index contributed by atoms with van der Waals surface area (Å²) in [6.07, 6.45) is 8.94. The second-order valence-electron chi connectivity index (χ2n) is 9.84. The van der Waals surface area contributed by atoms with E-state index in [9.17, 15) is 4.79 Å². The van der Waals surface area contributed by atoms with Crippen LogP contribution in [0.2, 0.25) is 0 Å². The fraction of sp³-hybridized carbons (Fsp3) is 0.444. The highest BCUT2D eigenvalue weighted by molar-refractivity contribution is 5.96. The van der Waals surface area contributed by atoms with Crippen LogP contribution < -0.4 is 15.4 Å². The number of nitrogens with one attached hydrogen (secondary N) is 2. The molecule has 38 heavy (non-hydrogen) atoms. The molecule has 0 bridgehead atoms. The van der Waals surface area contributed by atoms with E-state index in [1.165, 1.54) is 0 Å². The van der Waals surface area contributed by atoms with Crippen LogP contribution in [0.3, 0.4) is 0 Å². The second-order valence-corrected chi connectivity index (χ2v) is 9.84. The number of carbonyl (C=O) groups excluding carboxylic acids is 1. The van der Waals surface area contributed by atoms with Crippen LogP contribution in [0.4, 0.5) is 17.5 Å². The Hall–Kier alpha value is -3.83. The summed E-state index contributed by atoms with van der Waals surface area (Å²) >= 11 is 0. The van der Waals surface area contributed by atoms with Crippen LogP contribution in [0.15, 0.2) is 30.7 Å². The predicted molar refractivity (Wildman–Crippen MR) is 147 cm³/mol. The molecule has 1 aliphatic heterocycles. The molecule has 0 unspecified atom stereocenters. The van der Waals surface area contributed by atoms with Gasteiger partial charge < -0.3 is 20.3 Å². The number of hydrogen-bond acceptors (Lipinski definition) is 9. The first kappa shape index (κ1) is 25.8. The molecule has 4 heterocycles. The Labute approximate surface area is 222 Å². The first-order chi connectivity index (χ1) is 18.4. The number of aryl methyl sites for hydroxylation is 2. The van der Waals surface area contributed by atoms with Gasteiger partial charge in [0.15, 0.2) is 0 Å². The highest BCUT2D eigenvalue weighted by Gasteiger charge is 2.29. The van der Waals surface area contributed by atoms with Crippen molar-refractivity contribution in [2.24, 2.45) is 7.05 Å². The number of carbonyl (C=O) groups is 1. The molecule has 2 aliphatic rings. The summed E-state index contributed by atoms with van der Waals surface area (Å²) in [4.78, 5) is 31.7. The number of piperazine rings is 1. The van der Waals surface area contributed by atoms with Gasteiger partial charge in [-0.3, -0.25) is 14.4 Å². The van der Waals surface area contributed by atoms with E-state index in [4.69, 9.17) is 9.72 Å². The molecule has 1 amide bonds. The Morgan fingerprint density at radius 2 is 1.97 bits per heavy atom. The summed E-state index contributed by atoms with van der Waals surface area (Å²) in [5.41, 5.74) is 5.50. The van der Waals surface area contributed by atoms with Crippen LogP contribution in [-0.2, 0) is 18.3 Å². The second kappa shape index (κ2) is 10.9. The summed E-state index contributed by atoms with van der Waals surface area (Å²) in [6, 6.07) is 1.82. The summed E-state index contributed by atoms with van der Waals surface area (Å²) in [5, 5.41) is 10.6. The number of allylic oxidation sites excluding steroid dienone is 1. The number of aromatic nitrogens is 5. The van der Waals surface area contributed by atoms with Crippen molar-refractivity contribution in [3.63, 3.8) is 0 Å². The van der Waals surface area contributed by atoms with Crippen molar-refractivity contribution in [3.05, 3.63) is 53.1 Å². The number of likely N-dealkylation sites (N-methyl/N-ethyl adjacent to an activating group) is 1. The van der Waals surface area contributed by atoms with Gasteiger partial charge in [-0.15, -0.1) is 5.10 Å². The van der Waals surface area contributed by atoms with Gasteiger partial charge in [0.05, 0.1) is 25.0 Å².